The van der Waals surface area contributed by atoms with Crippen LogP contribution in [0.1, 0.15) is 70.8 Å². The van der Waals surface area contributed by atoms with E-state index in [1.54, 1.807) is 4.57 Å². The lowest BCUT2D eigenvalue weighted by Crippen LogP contribution is -2.33. The molecule has 3 heterocycles. The number of ether oxygens (including phenoxy) is 2. The first-order chi connectivity index (χ1) is 14.6. The van der Waals surface area contributed by atoms with Crippen LogP contribution in [-0.4, -0.2) is 51.1 Å². The number of hydrogen-bond donors (Lipinski definition) is 1. The third-order valence-corrected chi connectivity index (χ3v) is 7.17. The molecule has 1 aliphatic heterocycles. The van der Waals surface area contributed by atoms with Crippen LogP contribution in [0.5, 0.6) is 0 Å². The molecule has 31 heavy (non-hydrogen) atoms. The van der Waals surface area contributed by atoms with Crippen molar-refractivity contribution in [3.05, 3.63) is 29.1 Å². The van der Waals surface area contributed by atoms with Gasteiger partial charge in [-0.1, -0.05) is 18.5 Å². The fourth-order valence-corrected chi connectivity index (χ4v) is 4.84. The van der Waals surface area contributed by atoms with Gasteiger partial charge in [-0.2, -0.15) is 0 Å². The van der Waals surface area contributed by atoms with Crippen LogP contribution in [0.25, 0.3) is 0 Å². The number of hydrogen-bond acceptors (Lipinski definition) is 8. The molecule has 0 bridgehead atoms. The molecule has 1 aliphatic rings. The van der Waals surface area contributed by atoms with Gasteiger partial charge in [-0.3, -0.25) is 9.29 Å². The molecule has 0 unspecified atom stereocenters. The second-order valence-electron chi connectivity index (χ2n) is 8.21. The predicted molar refractivity (Wildman–Crippen MR) is 116 cm³/mol. The van der Waals surface area contributed by atoms with E-state index in [9.17, 15) is 8.42 Å². The van der Waals surface area contributed by atoms with Crippen molar-refractivity contribution in [2.24, 2.45) is 0 Å². The number of halogens is 1. The van der Waals surface area contributed by atoms with Crippen molar-refractivity contribution in [3.63, 3.8) is 0 Å². The summed E-state index contributed by atoms with van der Waals surface area (Å²) in [5.74, 6) is 1.01. The van der Waals surface area contributed by atoms with Gasteiger partial charge in [0.15, 0.2) is 11.6 Å². The number of nitrogens with one attached hydrogen (secondary N) is 1. The second-order valence-corrected chi connectivity index (χ2v) is 10.7. The van der Waals surface area contributed by atoms with Crippen LogP contribution < -0.4 is 4.72 Å². The summed E-state index contributed by atoms with van der Waals surface area (Å²) in [4.78, 5) is 8.20. The Bertz CT molecular complexity index is 995. The first-order valence-corrected chi connectivity index (χ1v) is 12.1. The average molecular weight is 473 g/mol. The molecule has 2 aromatic rings. The van der Waals surface area contributed by atoms with Crippen LogP contribution in [0.2, 0.25) is 5.02 Å². The van der Waals surface area contributed by atoms with Gasteiger partial charge in [0.1, 0.15) is 17.5 Å². The van der Waals surface area contributed by atoms with Crippen LogP contribution in [0, 0.1) is 0 Å². The highest BCUT2D eigenvalue weighted by molar-refractivity contribution is 7.93. The topological polar surface area (TPSA) is 121 Å². The van der Waals surface area contributed by atoms with Crippen molar-refractivity contribution >= 4 is 27.6 Å². The summed E-state index contributed by atoms with van der Waals surface area (Å²) in [5.41, 5.74) is -0.244. The van der Waals surface area contributed by atoms with Gasteiger partial charge in [0.2, 0.25) is 16.0 Å². The summed E-state index contributed by atoms with van der Waals surface area (Å²) in [7, 11) is -2.50. The molecule has 0 aromatic carbocycles. The maximum atomic E-state index is 13.1. The molecule has 12 heteroatoms. The molecule has 0 spiro atoms. The van der Waals surface area contributed by atoms with Crippen molar-refractivity contribution in [2.75, 3.05) is 11.8 Å². The highest BCUT2D eigenvalue weighted by atomic mass is 35.5. The number of methoxy groups -OCH3 is 1. The third-order valence-electron chi connectivity index (χ3n) is 5.28. The van der Waals surface area contributed by atoms with Gasteiger partial charge in [0, 0.05) is 26.0 Å². The molecule has 1 fully saturated rings. The molecule has 0 radical (unpaired) electrons. The van der Waals surface area contributed by atoms with Crippen molar-refractivity contribution < 1.29 is 17.9 Å². The molecular formula is C19H29ClN6O4S. The first-order valence-electron chi connectivity index (χ1n) is 10.2. The molecule has 0 amide bonds. The van der Waals surface area contributed by atoms with E-state index in [0.717, 1.165) is 19.3 Å². The molecule has 3 atom stereocenters. The third kappa shape index (κ3) is 5.33. The average Bonchev–Trinajstić information content (AvgIpc) is 3.26. The first kappa shape index (κ1) is 23.8. The lowest BCUT2D eigenvalue weighted by atomic mass is 10.1. The molecule has 1 N–H and O–H groups in total. The monoisotopic (exact) mass is 472 g/mol. The van der Waals surface area contributed by atoms with Crippen LogP contribution in [0.15, 0.2) is 12.4 Å². The maximum absolute atomic E-state index is 13.1. The minimum atomic E-state index is -3.91. The van der Waals surface area contributed by atoms with E-state index in [1.807, 2.05) is 20.8 Å². The predicted octanol–water partition coefficient (Wildman–Crippen LogP) is 3.28. The quantitative estimate of drug-likeness (QED) is 0.590. The van der Waals surface area contributed by atoms with Crippen LogP contribution in [0.3, 0.4) is 0 Å². The van der Waals surface area contributed by atoms with Gasteiger partial charge in [0.05, 0.1) is 10.6 Å². The molecule has 0 saturated carbocycles. The van der Waals surface area contributed by atoms with Crippen LogP contribution in [-0.2, 0) is 26.0 Å². The Morgan fingerprint density at radius 1 is 1.35 bits per heavy atom. The molecule has 0 aliphatic carbocycles. The Labute approximate surface area is 187 Å². The van der Waals surface area contributed by atoms with Crippen molar-refractivity contribution in [2.45, 2.75) is 76.6 Å². The Morgan fingerprint density at radius 2 is 2.03 bits per heavy atom. The fourth-order valence-electron chi connectivity index (χ4n) is 3.60. The minimum Gasteiger partial charge on any atom is -0.372 e. The van der Waals surface area contributed by atoms with Crippen molar-refractivity contribution in [3.8, 4) is 0 Å². The highest BCUT2D eigenvalue weighted by Crippen LogP contribution is 2.39. The largest absolute Gasteiger partial charge is 0.372 e. The van der Waals surface area contributed by atoms with Crippen molar-refractivity contribution in [1.29, 1.82) is 0 Å². The van der Waals surface area contributed by atoms with E-state index in [1.165, 1.54) is 26.4 Å². The van der Waals surface area contributed by atoms with Gasteiger partial charge in [-0.05, 0) is 40.0 Å². The van der Waals surface area contributed by atoms with E-state index in [0.29, 0.717) is 17.4 Å². The van der Waals surface area contributed by atoms with Crippen LogP contribution >= 0.6 is 11.6 Å². The number of rotatable bonds is 9. The van der Waals surface area contributed by atoms with Gasteiger partial charge in [-0.25, -0.2) is 18.4 Å². The summed E-state index contributed by atoms with van der Waals surface area (Å²) >= 11 is 5.83. The summed E-state index contributed by atoms with van der Waals surface area (Å²) in [6, 6.07) is 0. The highest BCUT2D eigenvalue weighted by Gasteiger charge is 2.37. The smallest absolute Gasteiger partial charge is 0.240 e. The molecular weight excluding hydrogens is 444 g/mol. The van der Waals surface area contributed by atoms with Crippen molar-refractivity contribution in [1.82, 2.24) is 24.7 Å². The Morgan fingerprint density at radius 3 is 2.58 bits per heavy atom. The summed E-state index contributed by atoms with van der Waals surface area (Å²) in [5, 5.41) is 7.71. The lowest BCUT2D eigenvalue weighted by molar-refractivity contribution is -0.0214. The lowest BCUT2D eigenvalue weighted by Gasteiger charge is -2.22. The molecule has 2 aromatic heterocycles. The zero-order chi connectivity index (χ0) is 22.8. The van der Waals surface area contributed by atoms with Crippen LogP contribution in [0.4, 0.5) is 5.95 Å². The normalized spacial score (nSPS) is 20.5. The van der Waals surface area contributed by atoms with E-state index >= 15 is 0 Å². The summed E-state index contributed by atoms with van der Waals surface area (Å²) in [6.07, 6.45) is 4.16. The van der Waals surface area contributed by atoms with E-state index in [2.05, 4.69) is 24.9 Å². The molecule has 3 rings (SSSR count). The van der Waals surface area contributed by atoms with E-state index in [-0.39, 0.29) is 23.5 Å². The van der Waals surface area contributed by atoms with E-state index in [4.69, 9.17) is 21.1 Å². The summed E-state index contributed by atoms with van der Waals surface area (Å²) in [6.45, 7) is 8.15. The minimum absolute atomic E-state index is 0.156. The maximum Gasteiger partial charge on any atom is 0.240 e. The Kier molecular flexibility index (Phi) is 7.19. The zero-order valence-electron chi connectivity index (χ0n) is 18.4. The van der Waals surface area contributed by atoms with Gasteiger partial charge >= 0.3 is 0 Å². The Hall–Kier alpha value is -1.82. The molecule has 10 nitrogen and oxygen atoms in total. The zero-order valence-corrected chi connectivity index (χ0v) is 19.9. The number of sulfonamides is 1. The van der Waals surface area contributed by atoms with E-state index < -0.39 is 21.4 Å². The van der Waals surface area contributed by atoms with Gasteiger partial charge in [0.25, 0.3) is 0 Å². The standard InChI is InChI=1S/C19H29ClN6O4S/c1-6-9-26-17(14-7-8-19(3,4)30-14)23-24-18(26)25-31(27,28)12(2)15(29-5)16-21-10-13(20)11-22-16/h10-12,14-15H,6-9H2,1-5H3,(H,24,25)/t12-,14-,15-/m0/s1. The number of aromatic nitrogens is 5. The number of anilines is 1. The van der Waals surface area contributed by atoms with Gasteiger partial charge in [-0.15, -0.1) is 10.2 Å². The second kappa shape index (κ2) is 9.35. The molecule has 1 saturated heterocycles. The molecule has 172 valence electrons. The Balaban J connectivity index is 1.85. The fraction of sp³-hybridized carbons (Fsp3) is 0.684. The van der Waals surface area contributed by atoms with Gasteiger partial charge < -0.3 is 9.47 Å². The SMILES string of the molecule is CCCn1c(NS(=O)(=O)[C@@H](C)[C@H](OC)c2ncc(Cl)cn2)nnc1[C@@H]1CCC(C)(C)O1. The number of nitrogens with zero attached hydrogens (tertiary/aromatic N) is 5. The summed E-state index contributed by atoms with van der Waals surface area (Å²) < 4.78 is 42.1.